The number of hydrogen-bond donors (Lipinski definition) is 2. The standard InChI is InChI=1S/C12H17N5O3/c1-16-8-11(19)17(12(16)20)6-2-3-10(18)13-7-9-4-5-14-15-9/h4-5H,2-3,6-8H2,1H3,(H,13,18)(H,14,15). The highest BCUT2D eigenvalue weighted by molar-refractivity contribution is 6.01. The Morgan fingerprint density at radius 1 is 1.50 bits per heavy atom. The van der Waals surface area contributed by atoms with Crippen LogP contribution in [0.5, 0.6) is 0 Å². The fraction of sp³-hybridized carbons (Fsp3) is 0.500. The lowest BCUT2D eigenvalue weighted by Gasteiger charge is -2.13. The number of aromatic nitrogens is 2. The van der Waals surface area contributed by atoms with E-state index in [4.69, 9.17) is 0 Å². The summed E-state index contributed by atoms with van der Waals surface area (Å²) in [6.07, 6.45) is 2.34. The van der Waals surface area contributed by atoms with Gasteiger partial charge in [0.1, 0.15) is 6.54 Å². The molecule has 0 unspecified atom stereocenters. The van der Waals surface area contributed by atoms with Gasteiger partial charge in [-0.05, 0) is 12.5 Å². The number of nitrogens with zero attached hydrogens (tertiary/aromatic N) is 3. The van der Waals surface area contributed by atoms with Crippen molar-refractivity contribution < 1.29 is 14.4 Å². The molecule has 2 heterocycles. The molecular weight excluding hydrogens is 262 g/mol. The van der Waals surface area contributed by atoms with Crippen molar-refractivity contribution in [2.75, 3.05) is 20.1 Å². The largest absolute Gasteiger partial charge is 0.350 e. The van der Waals surface area contributed by atoms with Crippen LogP contribution in [0.4, 0.5) is 4.79 Å². The van der Waals surface area contributed by atoms with Gasteiger partial charge in [0.2, 0.25) is 11.8 Å². The molecule has 0 bridgehead atoms. The van der Waals surface area contributed by atoms with E-state index in [2.05, 4.69) is 15.5 Å². The van der Waals surface area contributed by atoms with Crippen LogP contribution >= 0.6 is 0 Å². The van der Waals surface area contributed by atoms with Gasteiger partial charge < -0.3 is 10.2 Å². The molecule has 20 heavy (non-hydrogen) atoms. The molecule has 0 atom stereocenters. The summed E-state index contributed by atoms with van der Waals surface area (Å²) in [5.74, 6) is -0.331. The number of aromatic amines is 1. The van der Waals surface area contributed by atoms with Gasteiger partial charge in [0, 0.05) is 26.2 Å². The highest BCUT2D eigenvalue weighted by atomic mass is 16.2. The summed E-state index contributed by atoms with van der Waals surface area (Å²) < 4.78 is 0. The molecule has 0 saturated carbocycles. The molecule has 2 rings (SSSR count). The molecule has 0 aromatic carbocycles. The van der Waals surface area contributed by atoms with Gasteiger partial charge in [-0.3, -0.25) is 19.6 Å². The van der Waals surface area contributed by atoms with Crippen molar-refractivity contribution in [3.63, 3.8) is 0 Å². The van der Waals surface area contributed by atoms with Crippen molar-refractivity contribution in [2.24, 2.45) is 0 Å². The highest BCUT2D eigenvalue weighted by Gasteiger charge is 2.32. The van der Waals surface area contributed by atoms with E-state index in [1.807, 2.05) is 0 Å². The Bertz CT molecular complexity index is 499. The lowest BCUT2D eigenvalue weighted by atomic mass is 10.2. The summed E-state index contributed by atoms with van der Waals surface area (Å²) in [7, 11) is 1.58. The first kappa shape index (κ1) is 14.0. The van der Waals surface area contributed by atoms with Crippen LogP contribution in [0.3, 0.4) is 0 Å². The van der Waals surface area contributed by atoms with Gasteiger partial charge in [-0.2, -0.15) is 5.10 Å². The van der Waals surface area contributed by atoms with Crippen LogP contribution in [0.15, 0.2) is 12.3 Å². The number of carbonyl (C=O) groups excluding carboxylic acids is 3. The fourth-order valence-electron chi connectivity index (χ4n) is 1.95. The van der Waals surface area contributed by atoms with E-state index >= 15 is 0 Å². The number of likely N-dealkylation sites (N-methyl/N-ethyl adjacent to an activating group) is 1. The predicted molar refractivity (Wildman–Crippen MR) is 69.4 cm³/mol. The Morgan fingerprint density at radius 2 is 2.30 bits per heavy atom. The topological polar surface area (TPSA) is 98.4 Å². The zero-order valence-electron chi connectivity index (χ0n) is 11.3. The third kappa shape index (κ3) is 3.34. The molecule has 2 N–H and O–H groups in total. The lowest BCUT2D eigenvalue weighted by molar-refractivity contribution is -0.126. The molecule has 108 valence electrons. The molecule has 1 aliphatic heterocycles. The van der Waals surface area contributed by atoms with Crippen LogP contribution in [-0.4, -0.2) is 58.0 Å². The van der Waals surface area contributed by atoms with E-state index in [0.29, 0.717) is 13.0 Å². The summed E-state index contributed by atoms with van der Waals surface area (Å²) in [6, 6.07) is 1.48. The minimum absolute atomic E-state index is 0.116. The molecule has 1 aliphatic rings. The SMILES string of the molecule is CN1CC(=O)N(CCCC(=O)NCc2ccn[nH]2)C1=O. The van der Waals surface area contributed by atoms with E-state index in [1.54, 1.807) is 19.3 Å². The summed E-state index contributed by atoms with van der Waals surface area (Å²) >= 11 is 0. The van der Waals surface area contributed by atoms with Crippen LogP contribution in [0.2, 0.25) is 0 Å². The van der Waals surface area contributed by atoms with Crippen LogP contribution in [0.1, 0.15) is 18.5 Å². The third-order valence-corrected chi connectivity index (χ3v) is 3.05. The highest BCUT2D eigenvalue weighted by Crippen LogP contribution is 2.09. The minimum atomic E-state index is -0.298. The third-order valence-electron chi connectivity index (χ3n) is 3.05. The van der Waals surface area contributed by atoms with E-state index in [1.165, 1.54) is 9.80 Å². The maximum absolute atomic E-state index is 11.6. The summed E-state index contributed by atoms with van der Waals surface area (Å²) in [5.41, 5.74) is 0.824. The van der Waals surface area contributed by atoms with E-state index in [-0.39, 0.29) is 37.4 Å². The van der Waals surface area contributed by atoms with Gasteiger partial charge in [-0.1, -0.05) is 0 Å². The quantitative estimate of drug-likeness (QED) is 0.698. The first-order chi connectivity index (χ1) is 9.58. The molecule has 1 aromatic heterocycles. The van der Waals surface area contributed by atoms with E-state index in [0.717, 1.165) is 5.69 Å². The Balaban J connectivity index is 1.66. The van der Waals surface area contributed by atoms with Gasteiger partial charge in [0.05, 0.1) is 12.2 Å². The molecule has 0 radical (unpaired) electrons. The lowest BCUT2D eigenvalue weighted by Crippen LogP contribution is -2.33. The number of imide groups is 1. The van der Waals surface area contributed by atoms with Crippen molar-refractivity contribution in [3.8, 4) is 0 Å². The smallest absolute Gasteiger partial charge is 0.326 e. The van der Waals surface area contributed by atoms with Crippen molar-refractivity contribution in [1.29, 1.82) is 0 Å². The first-order valence-corrected chi connectivity index (χ1v) is 6.38. The average Bonchev–Trinajstić information content (AvgIpc) is 3.00. The maximum atomic E-state index is 11.6. The summed E-state index contributed by atoms with van der Waals surface area (Å²) in [4.78, 5) is 37.2. The molecule has 0 aliphatic carbocycles. The molecule has 8 nitrogen and oxygen atoms in total. The average molecular weight is 279 g/mol. The zero-order chi connectivity index (χ0) is 14.5. The van der Waals surface area contributed by atoms with Gasteiger partial charge in [0.25, 0.3) is 0 Å². The number of amides is 4. The van der Waals surface area contributed by atoms with Crippen LogP contribution in [-0.2, 0) is 16.1 Å². The normalized spacial score (nSPS) is 15.1. The van der Waals surface area contributed by atoms with Crippen LogP contribution in [0.25, 0.3) is 0 Å². The Kier molecular flexibility index (Phi) is 4.34. The van der Waals surface area contributed by atoms with Gasteiger partial charge in [-0.15, -0.1) is 0 Å². The molecule has 0 spiro atoms. The number of hydrogen-bond acceptors (Lipinski definition) is 4. The first-order valence-electron chi connectivity index (χ1n) is 6.38. The van der Waals surface area contributed by atoms with Crippen molar-refractivity contribution in [2.45, 2.75) is 19.4 Å². The van der Waals surface area contributed by atoms with Gasteiger partial charge in [-0.25, -0.2) is 4.79 Å². The summed E-state index contributed by atoms with van der Waals surface area (Å²) in [5, 5.41) is 9.25. The molecule has 1 fully saturated rings. The van der Waals surface area contributed by atoms with E-state index in [9.17, 15) is 14.4 Å². The van der Waals surface area contributed by atoms with Crippen molar-refractivity contribution in [1.82, 2.24) is 25.3 Å². The van der Waals surface area contributed by atoms with Gasteiger partial charge in [0.15, 0.2) is 0 Å². The number of H-pyrrole nitrogens is 1. The van der Waals surface area contributed by atoms with Crippen LogP contribution < -0.4 is 5.32 Å². The second kappa shape index (κ2) is 6.18. The second-order valence-corrected chi connectivity index (χ2v) is 4.65. The molecule has 8 heteroatoms. The Labute approximate surface area is 116 Å². The number of nitrogens with one attached hydrogen (secondary N) is 2. The summed E-state index contributed by atoms with van der Waals surface area (Å²) in [6.45, 7) is 0.785. The number of rotatable bonds is 6. The Hall–Kier alpha value is -2.38. The van der Waals surface area contributed by atoms with Gasteiger partial charge >= 0.3 is 6.03 Å². The zero-order valence-corrected chi connectivity index (χ0v) is 11.3. The predicted octanol–water partition coefficient (Wildman–Crippen LogP) is -0.300. The minimum Gasteiger partial charge on any atom is -0.350 e. The number of carbonyl (C=O) groups is 3. The van der Waals surface area contributed by atoms with Crippen molar-refractivity contribution >= 4 is 17.8 Å². The van der Waals surface area contributed by atoms with E-state index < -0.39 is 0 Å². The van der Waals surface area contributed by atoms with Crippen molar-refractivity contribution in [3.05, 3.63) is 18.0 Å². The maximum Gasteiger partial charge on any atom is 0.326 e. The second-order valence-electron chi connectivity index (χ2n) is 4.65. The molecular formula is C12H17N5O3. The molecule has 4 amide bonds. The van der Waals surface area contributed by atoms with Crippen LogP contribution in [0, 0.1) is 0 Å². The number of urea groups is 1. The monoisotopic (exact) mass is 279 g/mol. The Morgan fingerprint density at radius 3 is 2.90 bits per heavy atom. The molecule has 1 aromatic rings. The fourth-order valence-corrected chi connectivity index (χ4v) is 1.95. The molecule has 1 saturated heterocycles.